The van der Waals surface area contributed by atoms with Gasteiger partial charge in [0.2, 0.25) is 0 Å². The normalized spacial score (nSPS) is 11.7. The summed E-state index contributed by atoms with van der Waals surface area (Å²) >= 11 is 0. The van der Waals surface area contributed by atoms with Gasteiger partial charge in [-0.15, -0.1) is 0 Å². The molecule has 26 heavy (non-hydrogen) atoms. The van der Waals surface area contributed by atoms with Gasteiger partial charge in [-0.05, 0) is 18.6 Å². The van der Waals surface area contributed by atoms with E-state index in [2.05, 4.69) is 5.16 Å². The maximum atomic E-state index is 13.3. The van der Waals surface area contributed by atoms with Crippen molar-refractivity contribution >= 4 is 11.3 Å². The zero-order valence-corrected chi connectivity index (χ0v) is 15.8. The topological polar surface area (TPSA) is 32.6 Å². The lowest BCUT2D eigenvalue weighted by molar-refractivity contribution is -0.0688. The molecule has 0 aliphatic rings. The Kier molecular flexibility index (Phi) is 10.7. The van der Waals surface area contributed by atoms with Crippen molar-refractivity contribution in [3.05, 3.63) is 77.4 Å². The Bertz CT molecular complexity index is 687. The lowest BCUT2D eigenvalue weighted by atomic mass is 10.0. The first-order valence-electron chi connectivity index (χ1n) is 8.55. The first-order chi connectivity index (χ1) is 12.4. The molecule has 0 aromatic heterocycles. The molecule has 2 aromatic rings. The second-order valence-corrected chi connectivity index (χ2v) is 4.77. The molecule has 2 aromatic carbocycles. The number of hydrogen-bond donors (Lipinski definition) is 1. The van der Waals surface area contributed by atoms with Gasteiger partial charge in [-0.1, -0.05) is 93.0 Å². The summed E-state index contributed by atoms with van der Waals surface area (Å²) in [7, 11) is 0. The monoisotopic (exact) mass is 365 g/mol. The molecule has 0 unspecified atom stereocenters. The zero-order chi connectivity index (χ0) is 20.2. The van der Waals surface area contributed by atoms with E-state index in [0.717, 1.165) is 11.6 Å². The number of aryl methyl sites for hydroxylation is 1. The van der Waals surface area contributed by atoms with Crippen molar-refractivity contribution < 1.29 is 18.4 Å². The Hall–Kier alpha value is -2.56. The lowest BCUT2D eigenvalue weighted by Crippen LogP contribution is -2.13. The van der Waals surface area contributed by atoms with Crippen LogP contribution in [-0.2, 0) is 0 Å². The van der Waals surface area contributed by atoms with Crippen LogP contribution in [0, 0.1) is 6.92 Å². The largest absolute Gasteiger partial charge is 0.417 e. The van der Waals surface area contributed by atoms with Crippen molar-refractivity contribution in [1.82, 2.24) is 0 Å². The molecular weight excluding hydrogens is 339 g/mol. The number of nitrogens with zero attached hydrogens (tertiary/aromatic N) is 1. The Labute approximate surface area is 153 Å². The molecule has 0 fully saturated rings. The molecule has 0 atom stereocenters. The van der Waals surface area contributed by atoms with Crippen LogP contribution < -0.4 is 0 Å². The van der Waals surface area contributed by atoms with Crippen molar-refractivity contribution in [3.8, 4) is 0 Å². The van der Waals surface area contributed by atoms with Crippen molar-refractivity contribution in [2.24, 2.45) is 5.16 Å². The Morgan fingerprint density at radius 3 is 1.77 bits per heavy atom. The average molecular weight is 365 g/mol. The van der Waals surface area contributed by atoms with E-state index in [0.29, 0.717) is 5.56 Å². The number of allylic oxidation sites excluding steroid dienone is 2. The van der Waals surface area contributed by atoms with Gasteiger partial charge in [0.05, 0.1) is 5.57 Å². The van der Waals surface area contributed by atoms with Gasteiger partial charge in [-0.3, -0.25) is 0 Å². The van der Waals surface area contributed by atoms with Gasteiger partial charge in [0.1, 0.15) is 5.71 Å². The van der Waals surface area contributed by atoms with E-state index in [9.17, 15) is 13.2 Å². The molecule has 0 aliphatic heterocycles. The van der Waals surface area contributed by atoms with E-state index in [1.807, 2.05) is 34.6 Å². The number of halogens is 3. The lowest BCUT2D eigenvalue weighted by Gasteiger charge is -2.12. The quantitative estimate of drug-likeness (QED) is 0.359. The fraction of sp³-hybridized carbons (Fsp3) is 0.286. The second-order valence-electron chi connectivity index (χ2n) is 4.77. The molecule has 0 saturated carbocycles. The first-order valence-corrected chi connectivity index (χ1v) is 8.55. The fourth-order valence-electron chi connectivity index (χ4n) is 1.98. The molecule has 0 aliphatic carbocycles. The van der Waals surface area contributed by atoms with E-state index in [4.69, 9.17) is 5.21 Å². The van der Waals surface area contributed by atoms with E-state index >= 15 is 0 Å². The van der Waals surface area contributed by atoms with E-state index in [1.54, 1.807) is 30.3 Å². The Morgan fingerprint density at radius 2 is 1.35 bits per heavy atom. The summed E-state index contributed by atoms with van der Waals surface area (Å²) in [5, 5.41) is 12.1. The van der Waals surface area contributed by atoms with Crippen molar-refractivity contribution in [1.29, 1.82) is 0 Å². The number of alkyl halides is 3. The van der Waals surface area contributed by atoms with Gasteiger partial charge in [0.15, 0.2) is 0 Å². The number of benzene rings is 2. The summed E-state index contributed by atoms with van der Waals surface area (Å²) in [6, 6.07) is 14.1. The minimum absolute atomic E-state index is 0.0169. The summed E-state index contributed by atoms with van der Waals surface area (Å²) in [5.74, 6) is 0. The highest BCUT2D eigenvalue weighted by atomic mass is 19.4. The summed E-state index contributed by atoms with van der Waals surface area (Å²) in [6.45, 7) is 9.86. The van der Waals surface area contributed by atoms with E-state index in [-0.39, 0.29) is 11.3 Å². The molecule has 0 spiro atoms. The van der Waals surface area contributed by atoms with Crippen LogP contribution in [-0.4, -0.2) is 17.1 Å². The van der Waals surface area contributed by atoms with Crippen LogP contribution in [0.3, 0.4) is 0 Å². The van der Waals surface area contributed by atoms with Crippen molar-refractivity contribution in [3.63, 3.8) is 0 Å². The SMILES string of the molecule is CC.CC.Cc1ccc(C(/C=C(/c2ccccc2)C(F)(F)F)=N\O)cc1. The van der Waals surface area contributed by atoms with Gasteiger partial charge in [-0.25, -0.2) is 0 Å². The first kappa shape index (κ1) is 23.4. The Balaban J connectivity index is 0.00000146. The maximum Gasteiger partial charge on any atom is 0.417 e. The molecule has 0 heterocycles. The average Bonchev–Trinajstić information content (AvgIpc) is 2.66. The molecule has 0 saturated heterocycles. The summed E-state index contributed by atoms with van der Waals surface area (Å²) in [6.07, 6.45) is -3.71. The van der Waals surface area contributed by atoms with Gasteiger partial charge >= 0.3 is 6.18 Å². The molecular formula is C21H26F3NO. The smallest absolute Gasteiger partial charge is 0.410 e. The molecule has 0 amide bonds. The van der Waals surface area contributed by atoms with E-state index < -0.39 is 11.7 Å². The zero-order valence-electron chi connectivity index (χ0n) is 15.8. The third-order valence-corrected chi connectivity index (χ3v) is 3.13. The third-order valence-electron chi connectivity index (χ3n) is 3.13. The minimum atomic E-state index is -4.55. The highest BCUT2D eigenvalue weighted by Gasteiger charge is 2.35. The molecule has 0 radical (unpaired) electrons. The number of rotatable bonds is 3. The summed E-state index contributed by atoms with van der Waals surface area (Å²) in [4.78, 5) is 0. The summed E-state index contributed by atoms with van der Waals surface area (Å²) < 4.78 is 39.8. The van der Waals surface area contributed by atoms with Gasteiger partial charge < -0.3 is 5.21 Å². The second kappa shape index (κ2) is 11.9. The van der Waals surface area contributed by atoms with Crippen LogP contribution in [0.4, 0.5) is 13.2 Å². The summed E-state index contributed by atoms with van der Waals surface area (Å²) in [5.41, 5.74) is 0.385. The van der Waals surface area contributed by atoms with Gasteiger partial charge in [0.25, 0.3) is 0 Å². The number of oxime groups is 1. The molecule has 0 bridgehead atoms. The van der Waals surface area contributed by atoms with Gasteiger partial charge in [0, 0.05) is 5.56 Å². The fourth-order valence-corrected chi connectivity index (χ4v) is 1.98. The molecule has 2 rings (SSSR count). The van der Waals surface area contributed by atoms with Crippen LogP contribution in [0.2, 0.25) is 0 Å². The Morgan fingerprint density at radius 1 is 0.846 bits per heavy atom. The standard InChI is InChI=1S/C17H14F3NO.2C2H6/c1-12-7-9-14(10-8-12)16(21-22)11-15(17(18,19)20)13-5-3-2-4-6-13;2*1-2/h2-11,22H,1H3;2*1-2H3/b15-11-,21-16-;;. The predicted octanol–water partition coefficient (Wildman–Crippen LogP) is 6.87. The number of hydrogen-bond acceptors (Lipinski definition) is 2. The maximum absolute atomic E-state index is 13.3. The van der Waals surface area contributed by atoms with Crippen molar-refractivity contribution in [2.45, 2.75) is 40.8 Å². The minimum Gasteiger partial charge on any atom is -0.410 e. The van der Waals surface area contributed by atoms with Crippen LogP contribution >= 0.6 is 0 Å². The highest BCUT2D eigenvalue weighted by molar-refractivity contribution is 6.12. The van der Waals surface area contributed by atoms with Crippen LogP contribution in [0.1, 0.15) is 44.4 Å². The van der Waals surface area contributed by atoms with Crippen LogP contribution in [0.15, 0.2) is 65.8 Å². The van der Waals surface area contributed by atoms with Crippen molar-refractivity contribution in [2.75, 3.05) is 0 Å². The highest BCUT2D eigenvalue weighted by Crippen LogP contribution is 2.34. The predicted molar refractivity (Wildman–Crippen MR) is 103 cm³/mol. The molecule has 5 heteroatoms. The molecule has 1 N–H and O–H groups in total. The molecule has 142 valence electrons. The van der Waals surface area contributed by atoms with Gasteiger partial charge in [-0.2, -0.15) is 13.2 Å². The molecule has 2 nitrogen and oxygen atoms in total. The third kappa shape index (κ3) is 7.13. The van der Waals surface area contributed by atoms with Crippen LogP contribution in [0.5, 0.6) is 0 Å². The van der Waals surface area contributed by atoms with E-state index in [1.165, 1.54) is 24.3 Å². The van der Waals surface area contributed by atoms with Crippen LogP contribution in [0.25, 0.3) is 5.57 Å².